The standard InChI is InChI=1S/C19H17Cl2N5OS/c1-11-16(12-5-3-4-6-13(12)20)26(2)25-18(11)27-8-7-22-17-15-14(21)9-28-19(15)24-10-23-17/h3-6,9-10H,7-8H2,1-2H3,(H,22,23,24). The molecule has 6 nitrogen and oxygen atoms in total. The molecule has 0 fully saturated rings. The van der Waals surface area contributed by atoms with Crippen LogP contribution in [0.3, 0.4) is 0 Å². The number of ether oxygens (including phenoxy) is 1. The van der Waals surface area contributed by atoms with Crippen LogP contribution < -0.4 is 10.1 Å². The van der Waals surface area contributed by atoms with Gasteiger partial charge in [0.2, 0.25) is 5.88 Å². The zero-order valence-corrected chi connectivity index (χ0v) is 17.6. The number of rotatable bonds is 6. The number of halogens is 2. The third kappa shape index (κ3) is 3.53. The zero-order chi connectivity index (χ0) is 19.7. The Hall–Kier alpha value is -2.35. The van der Waals surface area contributed by atoms with Crippen molar-refractivity contribution in [2.24, 2.45) is 7.05 Å². The first kappa shape index (κ1) is 19.0. The fourth-order valence-electron chi connectivity index (χ4n) is 3.06. The predicted molar refractivity (Wildman–Crippen MR) is 115 cm³/mol. The number of aryl methyl sites for hydroxylation is 1. The van der Waals surface area contributed by atoms with E-state index in [2.05, 4.69) is 20.4 Å². The zero-order valence-electron chi connectivity index (χ0n) is 15.2. The van der Waals surface area contributed by atoms with E-state index in [1.54, 1.807) is 4.68 Å². The molecule has 3 aromatic heterocycles. The van der Waals surface area contributed by atoms with Gasteiger partial charge in [0.1, 0.15) is 23.6 Å². The number of nitrogens with zero attached hydrogens (tertiary/aromatic N) is 4. The molecule has 3 heterocycles. The van der Waals surface area contributed by atoms with Crippen molar-refractivity contribution in [1.82, 2.24) is 19.7 Å². The summed E-state index contributed by atoms with van der Waals surface area (Å²) in [5, 5.41) is 11.8. The van der Waals surface area contributed by atoms with Gasteiger partial charge in [0.15, 0.2) is 0 Å². The summed E-state index contributed by atoms with van der Waals surface area (Å²) in [5.41, 5.74) is 2.82. The minimum Gasteiger partial charge on any atom is -0.475 e. The van der Waals surface area contributed by atoms with Gasteiger partial charge in [-0.25, -0.2) is 9.97 Å². The van der Waals surface area contributed by atoms with Gasteiger partial charge < -0.3 is 10.1 Å². The summed E-state index contributed by atoms with van der Waals surface area (Å²) in [5.74, 6) is 1.29. The highest BCUT2D eigenvalue weighted by Gasteiger charge is 2.17. The molecular formula is C19H17Cl2N5OS. The van der Waals surface area contributed by atoms with Crippen LogP contribution in [0.5, 0.6) is 5.88 Å². The van der Waals surface area contributed by atoms with Gasteiger partial charge >= 0.3 is 0 Å². The first-order chi connectivity index (χ1) is 13.6. The van der Waals surface area contributed by atoms with E-state index in [4.69, 9.17) is 27.9 Å². The summed E-state index contributed by atoms with van der Waals surface area (Å²) in [4.78, 5) is 9.36. The molecule has 0 spiro atoms. The van der Waals surface area contributed by atoms with Gasteiger partial charge in [-0.15, -0.1) is 16.4 Å². The number of hydrogen-bond donors (Lipinski definition) is 1. The Bertz CT molecular complexity index is 1140. The number of fused-ring (bicyclic) bond motifs is 1. The van der Waals surface area contributed by atoms with Gasteiger partial charge in [-0.3, -0.25) is 4.68 Å². The van der Waals surface area contributed by atoms with Crippen LogP contribution in [-0.4, -0.2) is 32.9 Å². The van der Waals surface area contributed by atoms with Crippen LogP contribution in [0.1, 0.15) is 5.56 Å². The molecule has 28 heavy (non-hydrogen) atoms. The normalized spacial score (nSPS) is 11.1. The van der Waals surface area contributed by atoms with Gasteiger partial charge in [0.25, 0.3) is 0 Å². The van der Waals surface area contributed by atoms with Crippen LogP contribution >= 0.6 is 34.5 Å². The molecule has 4 rings (SSSR count). The van der Waals surface area contributed by atoms with E-state index in [0.29, 0.717) is 34.9 Å². The average molecular weight is 434 g/mol. The molecular weight excluding hydrogens is 417 g/mol. The maximum Gasteiger partial charge on any atom is 0.236 e. The molecule has 9 heteroatoms. The summed E-state index contributed by atoms with van der Waals surface area (Å²) in [6, 6.07) is 7.70. The molecule has 0 saturated heterocycles. The third-order valence-electron chi connectivity index (χ3n) is 4.33. The van der Waals surface area contributed by atoms with Crippen molar-refractivity contribution in [2.75, 3.05) is 18.5 Å². The third-order valence-corrected chi connectivity index (χ3v) is 5.97. The highest BCUT2D eigenvalue weighted by Crippen LogP contribution is 2.34. The van der Waals surface area contributed by atoms with Gasteiger partial charge in [-0.1, -0.05) is 41.4 Å². The summed E-state index contributed by atoms with van der Waals surface area (Å²) >= 11 is 14.1. The Morgan fingerprint density at radius 2 is 2.00 bits per heavy atom. The number of hydrogen-bond acceptors (Lipinski definition) is 6. The van der Waals surface area contributed by atoms with Crippen molar-refractivity contribution in [2.45, 2.75) is 6.92 Å². The fourth-order valence-corrected chi connectivity index (χ4v) is 4.42. The van der Waals surface area contributed by atoms with Crippen molar-refractivity contribution >= 4 is 50.6 Å². The van der Waals surface area contributed by atoms with Gasteiger partial charge in [0, 0.05) is 28.6 Å². The van der Waals surface area contributed by atoms with Crippen LogP contribution in [-0.2, 0) is 7.05 Å². The SMILES string of the molecule is Cc1c(OCCNc2ncnc3scc(Cl)c23)nn(C)c1-c1ccccc1Cl. The summed E-state index contributed by atoms with van der Waals surface area (Å²) < 4.78 is 7.68. The van der Waals surface area contributed by atoms with E-state index in [1.807, 2.05) is 43.6 Å². The molecule has 0 saturated carbocycles. The molecule has 0 unspecified atom stereocenters. The maximum absolute atomic E-state index is 6.34. The van der Waals surface area contributed by atoms with Crippen molar-refractivity contribution in [3.8, 4) is 17.1 Å². The molecule has 0 aliphatic heterocycles. The number of thiophene rings is 1. The molecule has 0 aliphatic carbocycles. The number of anilines is 1. The first-order valence-electron chi connectivity index (χ1n) is 8.59. The van der Waals surface area contributed by atoms with Crippen molar-refractivity contribution in [3.63, 3.8) is 0 Å². The molecule has 0 radical (unpaired) electrons. The number of aromatic nitrogens is 4. The van der Waals surface area contributed by atoms with E-state index in [0.717, 1.165) is 27.0 Å². The lowest BCUT2D eigenvalue weighted by Gasteiger charge is -2.08. The summed E-state index contributed by atoms with van der Waals surface area (Å²) in [7, 11) is 1.88. The lowest BCUT2D eigenvalue weighted by atomic mass is 10.1. The first-order valence-corrected chi connectivity index (χ1v) is 10.2. The monoisotopic (exact) mass is 433 g/mol. The summed E-state index contributed by atoms with van der Waals surface area (Å²) in [6.07, 6.45) is 1.52. The van der Waals surface area contributed by atoms with E-state index in [1.165, 1.54) is 17.7 Å². The van der Waals surface area contributed by atoms with Crippen molar-refractivity contribution < 1.29 is 4.74 Å². The average Bonchev–Trinajstić information content (AvgIpc) is 3.20. The highest BCUT2D eigenvalue weighted by atomic mass is 35.5. The Balaban J connectivity index is 1.45. The maximum atomic E-state index is 6.34. The van der Waals surface area contributed by atoms with Crippen LogP contribution in [0, 0.1) is 6.92 Å². The number of benzene rings is 1. The quantitative estimate of drug-likeness (QED) is 0.423. The lowest BCUT2D eigenvalue weighted by molar-refractivity contribution is 0.314. The number of nitrogens with one attached hydrogen (secondary N) is 1. The van der Waals surface area contributed by atoms with Gasteiger partial charge in [-0.05, 0) is 13.0 Å². The minimum atomic E-state index is 0.424. The molecule has 4 aromatic rings. The van der Waals surface area contributed by atoms with Crippen molar-refractivity contribution in [1.29, 1.82) is 0 Å². The lowest BCUT2D eigenvalue weighted by Crippen LogP contribution is -2.13. The van der Waals surface area contributed by atoms with Crippen LogP contribution in [0.4, 0.5) is 5.82 Å². The Kier molecular flexibility index (Phi) is 5.39. The topological polar surface area (TPSA) is 64.9 Å². The second-order valence-corrected chi connectivity index (χ2v) is 7.82. The van der Waals surface area contributed by atoms with Gasteiger partial charge in [-0.2, -0.15) is 0 Å². The molecule has 144 valence electrons. The van der Waals surface area contributed by atoms with E-state index in [-0.39, 0.29) is 0 Å². The van der Waals surface area contributed by atoms with Crippen LogP contribution in [0.2, 0.25) is 10.0 Å². The van der Waals surface area contributed by atoms with E-state index in [9.17, 15) is 0 Å². The van der Waals surface area contributed by atoms with E-state index < -0.39 is 0 Å². The largest absolute Gasteiger partial charge is 0.475 e. The second kappa shape index (κ2) is 7.95. The molecule has 0 amide bonds. The molecule has 0 aliphatic rings. The fraction of sp³-hybridized carbons (Fsp3) is 0.211. The Morgan fingerprint density at radius 1 is 1.18 bits per heavy atom. The summed E-state index contributed by atoms with van der Waals surface area (Å²) in [6.45, 7) is 2.95. The second-order valence-electron chi connectivity index (χ2n) is 6.14. The highest BCUT2D eigenvalue weighted by molar-refractivity contribution is 7.17. The van der Waals surface area contributed by atoms with Crippen LogP contribution in [0.25, 0.3) is 21.5 Å². The smallest absolute Gasteiger partial charge is 0.236 e. The van der Waals surface area contributed by atoms with Crippen molar-refractivity contribution in [3.05, 3.63) is 51.6 Å². The van der Waals surface area contributed by atoms with Crippen LogP contribution in [0.15, 0.2) is 36.0 Å². The minimum absolute atomic E-state index is 0.424. The van der Waals surface area contributed by atoms with Gasteiger partial charge in [0.05, 0.1) is 22.6 Å². The molecule has 1 aromatic carbocycles. The Labute approximate surface area is 176 Å². The molecule has 0 bridgehead atoms. The molecule has 0 atom stereocenters. The molecule has 1 N–H and O–H groups in total. The Morgan fingerprint density at radius 3 is 2.82 bits per heavy atom. The van der Waals surface area contributed by atoms with E-state index >= 15 is 0 Å². The predicted octanol–water partition coefficient (Wildman–Crippen LogP) is 5.20.